The van der Waals surface area contributed by atoms with Gasteiger partial charge in [0.05, 0.1) is 12.2 Å². The summed E-state index contributed by atoms with van der Waals surface area (Å²) in [5.41, 5.74) is 7.59. The summed E-state index contributed by atoms with van der Waals surface area (Å²) in [5.74, 6) is 0.788. The highest BCUT2D eigenvalue weighted by molar-refractivity contribution is 5.61. The lowest BCUT2D eigenvalue weighted by Gasteiger charge is -2.20. The Balaban J connectivity index is 2.19. The molecule has 4 nitrogen and oxygen atoms in total. The van der Waals surface area contributed by atoms with Crippen molar-refractivity contribution < 1.29 is 9.84 Å². The van der Waals surface area contributed by atoms with E-state index in [9.17, 15) is 5.11 Å². The Morgan fingerprint density at radius 1 is 1.41 bits per heavy atom. The van der Waals surface area contributed by atoms with Gasteiger partial charge in [0, 0.05) is 36.6 Å². The van der Waals surface area contributed by atoms with Crippen LogP contribution in [0.3, 0.4) is 0 Å². The fraction of sp³-hybridized carbons (Fsp3) is 0.538. The number of hydrogen-bond acceptors (Lipinski definition) is 4. The predicted molar refractivity (Wildman–Crippen MR) is 69.5 cm³/mol. The van der Waals surface area contributed by atoms with Gasteiger partial charge >= 0.3 is 0 Å². The first-order valence-corrected chi connectivity index (χ1v) is 6.05. The van der Waals surface area contributed by atoms with Crippen LogP contribution >= 0.6 is 0 Å². The normalized spacial score (nSPS) is 20.0. The fourth-order valence-electron chi connectivity index (χ4n) is 2.10. The highest BCUT2D eigenvalue weighted by atomic mass is 16.5. The SMILES string of the molecule is CC(C)Oc1cc(N)cc(N2CCC(O)C2)c1. The Labute approximate surface area is 102 Å². The topological polar surface area (TPSA) is 58.7 Å². The van der Waals surface area contributed by atoms with E-state index >= 15 is 0 Å². The average Bonchev–Trinajstić information content (AvgIpc) is 2.62. The Kier molecular flexibility index (Phi) is 3.43. The van der Waals surface area contributed by atoms with E-state index in [2.05, 4.69) is 4.90 Å². The van der Waals surface area contributed by atoms with Gasteiger partial charge in [-0.15, -0.1) is 0 Å². The van der Waals surface area contributed by atoms with Gasteiger partial charge in [-0.05, 0) is 26.3 Å². The van der Waals surface area contributed by atoms with E-state index in [4.69, 9.17) is 10.5 Å². The van der Waals surface area contributed by atoms with Crippen LogP contribution in [0.25, 0.3) is 0 Å². The summed E-state index contributed by atoms with van der Waals surface area (Å²) >= 11 is 0. The van der Waals surface area contributed by atoms with Crippen molar-refractivity contribution in [1.29, 1.82) is 0 Å². The van der Waals surface area contributed by atoms with Crippen molar-refractivity contribution in [3.8, 4) is 5.75 Å². The van der Waals surface area contributed by atoms with E-state index in [1.165, 1.54) is 0 Å². The van der Waals surface area contributed by atoms with E-state index in [1.807, 2.05) is 32.0 Å². The number of β-amino-alcohol motifs (C(OH)–C–C–N with tert-alkyl or cyclic N) is 1. The van der Waals surface area contributed by atoms with Crippen LogP contribution in [-0.4, -0.2) is 30.4 Å². The molecule has 0 saturated carbocycles. The van der Waals surface area contributed by atoms with Crippen LogP contribution < -0.4 is 15.4 Å². The number of nitrogens with two attached hydrogens (primary N) is 1. The van der Waals surface area contributed by atoms with Crippen molar-refractivity contribution in [2.24, 2.45) is 0 Å². The first-order valence-electron chi connectivity index (χ1n) is 6.05. The average molecular weight is 236 g/mol. The molecule has 0 amide bonds. The Morgan fingerprint density at radius 3 is 2.76 bits per heavy atom. The molecule has 1 aromatic rings. The molecule has 1 saturated heterocycles. The summed E-state index contributed by atoms with van der Waals surface area (Å²) in [6.07, 6.45) is 0.717. The van der Waals surface area contributed by atoms with Crippen LogP contribution in [0.5, 0.6) is 5.75 Å². The van der Waals surface area contributed by atoms with Gasteiger partial charge in [0.2, 0.25) is 0 Å². The van der Waals surface area contributed by atoms with Crippen molar-refractivity contribution in [1.82, 2.24) is 0 Å². The minimum Gasteiger partial charge on any atom is -0.491 e. The second kappa shape index (κ2) is 4.84. The number of nitrogen functional groups attached to an aromatic ring is 1. The molecule has 1 unspecified atom stereocenters. The zero-order valence-electron chi connectivity index (χ0n) is 10.4. The number of rotatable bonds is 3. The summed E-state index contributed by atoms with van der Waals surface area (Å²) in [5, 5.41) is 9.54. The van der Waals surface area contributed by atoms with Crippen LogP contribution in [0.2, 0.25) is 0 Å². The maximum absolute atomic E-state index is 9.54. The first-order chi connectivity index (χ1) is 8.04. The number of aliphatic hydroxyl groups is 1. The molecule has 1 aliphatic heterocycles. The van der Waals surface area contributed by atoms with E-state index < -0.39 is 0 Å². The van der Waals surface area contributed by atoms with Crippen LogP contribution in [0.15, 0.2) is 18.2 Å². The molecule has 1 aromatic carbocycles. The molecule has 0 bridgehead atoms. The third-order valence-corrected chi connectivity index (χ3v) is 2.81. The van der Waals surface area contributed by atoms with Crippen molar-refractivity contribution in [3.05, 3.63) is 18.2 Å². The van der Waals surface area contributed by atoms with Crippen molar-refractivity contribution in [2.45, 2.75) is 32.5 Å². The lowest BCUT2D eigenvalue weighted by atomic mass is 10.2. The molecule has 0 aromatic heterocycles. The first kappa shape index (κ1) is 12.0. The molecule has 2 rings (SSSR count). The van der Waals surface area contributed by atoms with Gasteiger partial charge < -0.3 is 20.5 Å². The van der Waals surface area contributed by atoms with Crippen LogP contribution in [0.4, 0.5) is 11.4 Å². The second-order valence-corrected chi connectivity index (χ2v) is 4.82. The number of benzene rings is 1. The number of hydrogen-bond donors (Lipinski definition) is 2. The van der Waals surface area contributed by atoms with Crippen molar-refractivity contribution in [3.63, 3.8) is 0 Å². The molecule has 17 heavy (non-hydrogen) atoms. The lowest BCUT2D eigenvalue weighted by Crippen LogP contribution is -2.21. The standard InChI is InChI=1S/C13H20N2O2/c1-9(2)17-13-6-10(14)5-11(7-13)15-4-3-12(16)8-15/h5-7,9,12,16H,3-4,8,14H2,1-2H3. The molecule has 1 fully saturated rings. The lowest BCUT2D eigenvalue weighted by molar-refractivity contribution is 0.198. The maximum Gasteiger partial charge on any atom is 0.123 e. The summed E-state index contributed by atoms with van der Waals surface area (Å²) < 4.78 is 5.65. The van der Waals surface area contributed by atoms with Gasteiger partial charge in [0.25, 0.3) is 0 Å². The Morgan fingerprint density at radius 2 is 2.18 bits per heavy atom. The van der Waals surface area contributed by atoms with E-state index in [0.29, 0.717) is 12.2 Å². The zero-order chi connectivity index (χ0) is 12.4. The summed E-state index contributed by atoms with van der Waals surface area (Å²) in [7, 11) is 0. The quantitative estimate of drug-likeness (QED) is 0.783. The largest absolute Gasteiger partial charge is 0.491 e. The van der Waals surface area contributed by atoms with E-state index in [-0.39, 0.29) is 12.2 Å². The molecule has 1 heterocycles. The van der Waals surface area contributed by atoms with Crippen LogP contribution in [0.1, 0.15) is 20.3 Å². The molecular weight excluding hydrogens is 216 g/mol. The maximum atomic E-state index is 9.54. The smallest absolute Gasteiger partial charge is 0.123 e. The van der Waals surface area contributed by atoms with Crippen LogP contribution in [-0.2, 0) is 0 Å². The summed E-state index contributed by atoms with van der Waals surface area (Å²) in [6.45, 7) is 5.52. The molecule has 0 spiro atoms. The number of ether oxygens (including phenoxy) is 1. The molecule has 4 heteroatoms. The summed E-state index contributed by atoms with van der Waals surface area (Å²) in [4.78, 5) is 2.13. The highest BCUT2D eigenvalue weighted by Crippen LogP contribution is 2.28. The van der Waals surface area contributed by atoms with Crippen molar-refractivity contribution >= 4 is 11.4 Å². The monoisotopic (exact) mass is 236 g/mol. The molecular formula is C13H20N2O2. The third kappa shape index (κ3) is 3.03. The van der Waals surface area contributed by atoms with Gasteiger partial charge in [-0.3, -0.25) is 0 Å². The molecule has 0 radical (unpaired) electrons. The molecule has 1 atom stereocenters. The van der Waals surface area contributed by atoms with Gasteiger partial charge in [0.15, 0.2) is 0 Å². The minimum absolute atomic E-state index is 0.133. The molecule has 1 aliphatic rings. The van der Waals surface area contributed by atoms with Crippen molar-refractivity contribution in [2.75, 3.05) is 23.7 Å². The minimum atomic E-state index is -0.231. The number of nitrogens with zero attached hydrogens (tertiary/aromatic N) is 1. The van der Waals surface area contributed by atoms with E-state index in [0.717, 1.165) is 24.4 Å². The zero-order valence-corrected chi connectivity index (χ0v) is 10.4. The number of aliphatic hydroxyl groups excluding tert-OH is 1. The molecule has 94 valence electrons. The molecule has 3 N–H and O–H groups in total. The Bertz CT molecular complexity index is 393. The summed E-state index contributed by atoms with van der Waals surface area (Å²) in [6, 6.07) is 5.73. The van der Waals surface area contributed by atoms with E-state index in [1.54, 1.807) is 0 Å². The number of anilines is 2. The third-order valence-electron chi connectivity index (χ3n) is 2.81. The second-order valence-electron chi connectivity index (χ2n) is 4.82. The highest BCUT2D eigenvalue weighted by Gasteiger charge is 2.21. The van der Waals surface area contributed by atoms with Gasteiger partial charge in [-0.25, -0.2) is 0 Å². The predicted octanol–water partition coefficient (Wildman–Crippen LogP) is 1.63. The fourth-order valence-corrected chi connectivity index (χ4v) is 2.10. The van der Waals surface area contributed by atoms with Gasteiger partial charge in [-0.2, -0.15) is 0 Å². The van der Waals surface area contributed by atoms with Gasteiger partial charge in [-0.1, -0.05) is 0 Å². The molecule has 0 aliphatic carbocycles. The van der Waals surface area contributed by atoms with Crippen LogP contribution in [0, 0.1) is 0 Å². The Hall–Kier alpha value is -1.42. The van der Waals surface area contributed by atoms with Gasteiger partial charge in [0.1, 0.15) is 5.75 Å².